The highest BCUT2D eigenvalue weighted by Gasteiger charge is 2.20. The average Bonchev–Trinajstić information content (AvgIpc) is 2.64. The largest absolute Gasteiger partial charge is 0.354 e. The van der Waals surface area contributed by atoms with Gasteiger partial charge in [0.2, 0.25) is 0 Å². The summed E-state index contributed by atoms with van der Waals surface area (Å²) >= 11 is 6.08. The predicted octanol–water partition coefficient (Wildman–Crippen LogP) is 5.13. The summed E-state index contributed by atoms with van der Waals surface area (Å²) in [6, 6.07) is 9.51. The van der Waals surface area contributed by atoms with Crippen molar-refractivity contribution in [3.05, 3.63) is 58.4 Å². The second-order valence-electron chi connectivity index (χ2n) is 6.43. The molecule has 0 unspecified atom stereocenters. The normalized spacial score (nSPS) is 10.9. The Kier molecular flexibility index (Phi) is 5.61. The fraction of sp³-hybridized carbons (Fsp3) is 0.286. The second kappa shape index (κ2) is 7.92. The second-order valence-corrected chi connectivity index (χ2v) is 6.87. The molecule has 0 atom stereocenters. The molecule has 0 spiro atoms. The number of nitrogens with one attached hydrogen (secondary N) is 1. The molecule has 2 aromatic heterocycles. The fourth-order valence-corrected chi connectivity index (χ4v) is 3.28. The highest BCUT2D eigenvalue weighted by atomic mass is 35.5. The molecule has 2 heterocycles. The molecule has 27 heavy (non-hydrogen) atoms. The van der Waals surface area contributed by atoms with Crippen LogP contribution in [0.3, 0.4) is 0 Å². The predicted molar refractivity (Wildman–Crippen MR) is 111 cm³/mol. The minimum Gasteiger partial charge on any atom is -0.354 e. The Morgan fingerprint density at radius 2 is 1.89 bits per heavy atom. The summed E-state index contributed by atoms with van der Waals surface area (Å²) in [5.41, 5.74) is 4.63. The van der Waals surface area contributed by atoms with Gasteiger partial charge >= 0.3 is 0 Å². The number of carbonyl (C=O) groups excluding carboxylic acids is 1. The molecule has 0 aliphatic carbocycles. The van der Waals surface area contributed by atoms with Crippen molar-refractivity contribution >= 4 is 39.9 Å². The molecule has 0 saturated heterocycles. The summed E-state index contributed by atoms with van der Waals surface area (Å²) in [7, 11) is 0. The molecular formula is C21H23ClN4O. The van der Waals surface area contributed by atoms with Gasteiger partial charge in [-0.05, 0) is 63.6 Å². The number of hydrogen-bond donors (Lipinski definition) is 1. The third-order valence-electron chi connectivity index (χ3n) is 4.60. The number of hydrogen-bond acceptors (Lipinski definition) is 4. The molecular weight excluding hydrogens is 360 g/mol. The van der Waals surface area contributed by atoms with Crippen molar-refractivity contribution in [2.45, 2.75) is 27.7 Å². The Morgan fingerprint density at radius 1 is 1.15 bits per heavy atom. The van der Waals surface area contributed by atoms with Crippen molar-refractivity contribution in [1.82, 2.24) is 14.9 Å². The number of halogens is 1. The summed E-state index contributed by atoms with van der Waals surface area (Å²) in [5, 5.41) is 4.92. The van der Waals surface area contributed by atoms with Crippen molar-refractivity contribution < 1.29 is 4.79 Å². The van der Waals surface area contributed by atoms with Crippen molar-refractivity contribution in [3.63, 3.8) is 0 Å². The molecule has 1 amide bonds. The zero-order valence-corrected chi connectivity index (χ0v) is 16.8. The SMILES string of the molecule is CCN(CC)C(=O)c1cnc2nc(C)ccc2c1Nc1ccc(Cl)cc1C. The van der Waals surface area contributed by atoms with Gasteiger partial charge in [-0.15, -0.1) is 0 Å². The van der Waals surface area contributed by atoms with Crippen LogP contribution in [0.4, 0.5) is 11.4 Å². The number of carbonyl (C=O) groups is 1. The van der Waals surface area contributed by atoms with E-state index in [1.165, 1.54) is 0 Å². The molecule has 3 aromatic rings. The van der Waals surface area contributed by atoms with E-state index in [1.54, 1.807) is 11.1 Å². The Hall–Kier alpha value is -2.66. The lowest BCUT2D eigenvalue weighted by molar-refractivity contribution is 0.0774. The van der Waals surface area contributed by atoms with E-state index in [0.29, 0.717) is 29.3 Å². The monoisotopic (exact) mass is 382 g/mol. The molecule has 1 aromatic carbocycles. The van der Waals surface area contributed by atoms with Crippen LogP contribution < -0.4 is 5.32 Å². The summed E-state index contributed by atoms with van der Waals surface area (Å²) in [6.07, 6.45) is 1.61. The molecule has 0 bridgehead atoms. The number of rotatable bonds is 5. The first kappa shape index (κ1) is 19.1. The van der Waals surface area contributed by atoms with E-state index >= 15 is 0 Å². The molecule has 0 saturated carbocycles. The number of pyridine rings is 2. The molecule has 3 rings (SSSR count). The van der Waals surface area contributed by atoms with E-state index in [2.05, 4.69) is 15.3 Å². The summed E-state index contributed by atoms with van der Waals surface area (Å²) < 4.78 is 0. The van der Waals surface area contributed by atoms with E-state index in [4.69, 9.17) is 11.6 Å². The van der Waals surface area contributed by atoms with Crippen LogP contribution in [0, 0.1) is 13.8 Å². The average molecular weight is 383 g/mol. The van der Waals surface area contributed by atoms with Gasteiger partial charge in [-0.1, -0.05) is 11.6 Å². The van der Waals surface area contributed by atoms with Crippen LogP contribution in [0.5, 0.6) is 0 Å². The van der Waals surface area contributed by atoms with Gasteiger partial charge in [-0.3, -0.25) is 4.79 Å². The number of benzene rings is 1. The van der Waals surface area contributed by atoms with Gasteiger partial charge in [0.05, 0.1) is 11.3 Å². The quantitative estimate of drug-likeness (QED) is 0.664. The standard InChI is InChI=1S/C21H23ClN4O/c1-5-26(6-2)21(27)17-12-23-20-16(9-7-14(4)24-20)19(17)25-18-10-8-15(22)11-13(18)3/h7-12H,5-6H2,1-4H3,(H,23,24,25). The number of fused-ring (bicyclic) bond motifs is 1. The maximum absolute atomic E-state index is 13.1. The molecule has 6 heteroatoms. The Bertz CT molecular complexity index is 999. The van der Waals surface area contributed by atoms with E-state index in [-0.39, 0.29) is 5.91 Å². The van der Waals surface area contributed by atoms with Gasteiger partial charge in [0.1, 0.15) is 0 Å². The van der Waals surface area contributed by atoms with E-state index in [1.807, 2.05) is 58.0 Å². The maximum atomic E-state index is 13.1. The lowest BCUT2D eigenvalue weighted by atomic mass is 10.1. The van der Waals surface area contributed by atoms with Crippen LogP contribution in [0.15, 0.2) is 36.5 Å². The van der Waals surface area contributed by atoms with Crippen molar-refractivity contribution in [3.8, 4) is 0 Å². The van der Waals surface area contributed by atoms with E-state index < -0.39 is 0 Å². The Morgan fingerprint density at radius 3 is 2.56 bits per heavy atom. The first-order chi connectivity index (χ1) is 12.9. The summed E-state index contributed by atoms with van der Waals surface area (Å²) in [6.45, 7) is 9.12. The zero-order chi connectivity index (χ0) is 19.6. The highest BCUT2D eigenvalue weighted by molar-refractivity contribution is 6.30. The molecule has 0 fully saturated rings. The topological polar surface area (TPSA) is 58.1 Å². The van der Waals surface area contributed by atoms with Crippen molar-refractivity contribution in [1.29, 1.82) is 0 Å². The van der Waals surface area contributed by atoms with Crippen LogP contribution in [0.2, 0.25) is 5.02 Å². The number of anilines is 2. The third-order valence-corrected chi connectivity index (χ3v) is 4.83. The number of aryl methyl sites for hydroxylation is 2. The van der Waals surface area contributed by atoms with Gasteiger partial charge in [-0.25, -0.2) is 9.97 Å². The van der Waals surface area contributed by atoms with Crippen LogP contribution in [0.1, 0.15) is 35.5 Å². The van der Waals surface area contributed by atoms with Crippen molar-refractivity contribution in [2.24, 2.45) is 0 Å². The van der Waals surface area contributed by atoms with Crippen LogP contribution in [0.25, 0.3) is 11.0 Å². The van der Waals surface area contributed by atoms with Gasteiger partial charge in [0, 0.05) is 41.1 Å². The molecule has 1 N–H and O–H groups in total. The molecule has 0 aliphatic heterocycles. The smallest absolute Gasteiger partial charge is 0.257 e. The number of aromatic nitrogens is 2. The maximum Gasteiger partial charge on any atom is 0.257 e. The summed E-state index contributed by atoms with van der Waals surface area (Å²) in [4.78, 5) is 23.8. The lowest BCUT2D eigenvalue weighted by Gasteiger charge is -2.22. The molecule has 0 aliphatic rings. The third kappa shape index (κ3) is 3.88. The summed E-state index contributed by atoms with van der Waals surface area (Å²) in [5.74, 6) is -0.0518. The number of nitrogens with zero attached hydrogens (tertiary/aromatic N) is 3. The first-order valence-electron chi connectivity index (χ1n) is 9.03. The zero-order valence-electron chi connectivity index (χ0n) is 16.0. The van der Waals surface area contributed by atoms with Gasteiger partial charge in [0.25, 0.3) is 5.91 Å². The van der Waals surface area contributed by atoms with Gasteiger partial charge < -0.3 is 10.2 Å². The van der Waals surface area contributed by atoms with Crippen LogP contribution in [-0.4, -0.2) is 33.9 Å². The van der Waals surface area contributed by atoms with Crippen molar-refractivity contribution in [2.75, 3.05) is 18.4 Å². The first-order valence-corrected chi connectivity index (χ1v) is 9.41. The molecule has 0 radical (unpaired) electrons. The Labute approximate surface area is 164 Å². The Balaban J connectivity index is 2.19. The van der Waals surface area contributed by atoms with Crippen LogP contribution >= 0.6 is 11.6 Å². The van der Waals surface area contributed by atoms with Gasteiger partial charge in [0.15, 0.2) is 5.65 Å². The fourth-order valence-electron chi connectivity index (χ4n) is 3.05. The highest BCUT2D eigenvalue weighted by Crippen LogP contribution is 2.31. The minimum absolute atomic E-state index is 0.0518. The van der Waals surface area contributed by atoms with Crippen LogP contribution in [-0.2, 0) is 0 Å². The number of amides is 1. The molecule has 140 valence electrons. The molecule has 5 nitrogen and oxygen atoms in total. The lowest BCUT2D eigenvalue weighted by Crippen LogP contribution is -2.31. The minimum atomic E-state index is -0.0518. The van der Waals surface area contributed by atoms with E-state index in [9.17, 15) is 4.79 Å². The van der Waals surface area contributed by atoms with Gasteiger partial charge in [-0.2, -0.15) is 0 Å². The van der Waals surface area contributed by atoms with E-state index in [0.717, 1.165) is 28.0 Å².